The lowest BCUT2D eigenvalue weighted by Crippen LogP contribution is -2.39. The first kappa shape index (κ1) is 13.7. The number of hydrogen-bond acceptors (Lipinski definition) is 4. The Kier molecular flexibility index (Phi) is 3.89. The van der Waals surface area contributed by atoms with Crippen LogP contribution in [0.25, 0.3) is 0 Å². The van der Waals surface area contributed by atoms with E-state index >= 15 is 0 Å². The van der Waals surface area contributed by atoms with Gasteiger partial charge in [0.1, 0.15) is 11.9 Å². The SMILES string of the molecule is O=C(Nc1cccnc1)C1CC(c2ccc(F)cc2)NN1. The summed E-state index contributed by atoms with van der Waals surface area (Å²) >= 11 is 0. The zero-order valence-corrected chi connectivity index (χ0v) is 11.2. The third-order valence-electron chi connectivity index (χ3n) is 3.42. The maximum atomic E-state index is 12.9. The average molecular weight is 286 g/mol. The highest BCUT2D eigenvalue weighted by Gasteiger charge is 2.30. The van der Waals surface area contributed by atoms with Crippen LogP contribution in [0.2, 0.25) is 0 Å². The van der Waals surface area contributed by atoms with Crippen molar-refractivity contribution >= 4 is 11.6 Å². The number of benzene rings is 1. The smallest absolute Gasteiger partial charge is 0.242 e. The summed E-state index contributed by atoms with van der Waals surface area (Å²) in [6.45, 7) is 0. The molecule has 1 fully saturated rings. The van der Waals surface area contributed by atoms with Crippen molar-refractivity contribution in [2.75, 3.05) is 5.32 Å². The number of anilines is 1. The maximum absolute atomic E-state index is 12.9. The summed E-state index contributed by atoms with van der Waals surface area (Å²) in [5, 5.41) is 2.80. The molecule has 1 aliphatic heterocycles. The van der Waals surface area contributed by atoms with E-state index in [1.807, 2.05) is 0 Å². The Morgan fingerprint density at radius 1 is 1.24 bits per heavy atom. The minimum Gasteiger partial charge on any atom is -0.323 e. The number of halogens is 1. The molecule has 1 aromatic carbocycles. The third-order valence-corrected chi connectivity index (χ3v) is 3.42. The van der Waals surface area contributed by atoms with E-state index in [2.05, 4.69) is 21.2 Å². The zero-order valence-electron chi connectivity index (χ0n) is 11.2. The molecule has 108 valence electrons. The molecule has 2 atom stereocenters. The van der Waals surface area contributed by atoms with E-state index < -0.39 is 0 Å². The first-order valence-electron chi connectivity index (χ1n) is 6.70. The summed E-state index contributed by atoms with van der Waals surface area (Å²) in [7, 11) is 0. The summed E-state index contributed by atoms with van der Waals surface area (Å²) in [5.74, 6) is -0.393. The van der Waals surface area contributed by atoms with Crippen molar-refractivity contribution in [1.29, 1.82) is 0 Å². The van der Waals surface area contributed by atoms with Crippen molar-refractivity contribution < 1.29 is 9.18 Å². The Morgan fingerprint density at radius 3 is 2.76 bits per heavy atom. The predicted octanol–water partition coefficient (Wildman–Crippen LogP) is 1.77. The largest absolute Gasteiger partial charge is 0.323 e. The molecule has 1 aliphatic rings. The Hall–Kier alpha value is -2.31. The lowest BCUT2D eigenvalue weighted by molar-refractivity contribution is -0.117. The monoisotopic (exact) mass is 286 g/mol. The van der Waals surface area contributed by atoms with Crippen LogP contribution in [0, 0.1) is 5.82 Å². The molecule has 2 unspecified atom stereocenters. The highest BCUT2D eigenvalue weighted by atomic mass is 19.1. The molecule has 3 rings (SSSR count). The molecule has 1 aromatic heterocycles. The number of carbonyl (C=O) groups excluding carboxylic acids is 1. The number of aromatic nitrogens is 1. The predicted molar refractivity (Wildman–Crippen MR) is 76.7 cm³/mol. The van der Waals surface area contributed by atoms with Gasteiger partial charge in [0.05, 0.1) is 11.9 Å². The zero-order chi connectivity index (χ0) is 14.7. The molecule has 0 bridgehead atoms. The van der Waals surface area contributed by atoms with Crippen LogP contribution in [0.3, 0.4) is 0 Å². The van der Waals surface area contributed by atoms with Crippen LogP contribution >= 0.6 is 0 Å². The van der Waals surface area contributed by atoms with Gasteiger partial charge in [-0.25, -0.2) is 15.2 Å². The van der Waals surface area contributed by atoms with E-state index in [0.717, 1.165) is 5.56 Å². The van der Waals surface area contributed by atoms with Crippen LogP contribution in [0.1, 0.15) is 18.0 Å². The number of hydrogen-bond donors (Lipinski definition) is 3. The van der Waals surface area contributed by atoms with Gasteiger partial charge in [0.15, 0.2) is 0 Å². The van der Waals surface area contributed by atoms with Gasteiger partial charge < -0.3 is 5.32 Å². The van der Waals surface area contributed by atoms with Crippen molar-refractivity contribution in [3.63, 3.8) is 0 Å². The van der Waals surface area contributed by atoms with Gasteiger partial charge in [0.2, 0.25) is 5.91 Å². The first-order chi connectivity index (χ1) is 10.2. The Labute approximate surface area is 121 Å². The van der Waals surface area contributed by atoms with Crippen molar-refractivity contribution in [2.45, 2.75) is 18.5 Å². The number of nitrogens with zero attached hydrogens (tertiary/aromatic N) is 1. The van der Waals surface area contributed by atoms with Gasteiger partial charge in [-0.3, -0.25) is 9.78 Å². The minimum absolute atomic E-state index is 0.0183. The molecule has 2 aromatic rings. The molecule has 1 amide bonds. The van der Waals surface area contributed by atoms with Gasteiger partial charge in [-0.1, -0.05) is 12.1 Å². The number of rotatable bonds is 3. The molecule has 6 heteroatoms. The summed E-state index contributed by atoms with van der Waals surface area (Å²) in [5.41, 5.74) is 7.63. The van der Waals surface area contributed by atoms with Crippen LogP contribution in [0.4, 0.5) is 10.1 Å². The number of amides is 1. The molecule has 0 aliphatic carbocycles. The molecular formula is C15H15FN4O. The van der Waals surface area contributed by atoms with Crippen LogP contribution < -0.4 is 16.2 Å². The lowest BCUT2D eigenvalue weighted by atomic mass is 10.0. The van der Waals surface area contributed by atoms with Gasteiger partial charge in [-0.15, -0.1) is 0 Å². The van der Waals surface area contributed by atoms with Crippen LogP contribution in [-0.4, -0.2) is 16.9 Å². The first-order valence-corrected chi connectivity index (χ1v) is 6.70. The van der Waals surface area contributed by atoms with Gasteiger partial charge >= 0.3 is 0 Å². The summed E-state index contributed by atoms with van der Waals surface area (Å²) in [6.07, 6.45) is 3.84. The van der Waals surface area contributed by atoms with Gasteiger partial charge in [0, 0.05) is 12.2 Å². The van der Waals surface area contributed by atoms with Crippen molar-refractivity contribution in [2.24, 2.45) is 0 Å². The van der Waals surface area contributed by atoms with E-state index in [-0.39, 0.29) is 23.8 Å². The van der Waals surface area contributed by atoms with E-state index in [1.54, 1.807) is 36.7 Å². The fraction of sp³-hybridized carbons (Fsp3) is 0.200. The van der Waals surface area contributed by atoms with Crippen LogP contribution in [0.15, 0.2) is 48.8 Å². The van der Waals surface area contributed by atoms with Gasteiger partial charge in [-0.05, 0) is 36.2 Å². The highest BCUT2D eigenvalue weighted by Crippen LogP contribution is 2.23. The van der Waals surface area contributed by atoms with Crippen LogP contribution in [0.5, 0.6) is 0 Å². The minimum atomic E-state index is -0.347. The van der Waals surface area contributed by atoms with Crippen molar-refractivity contribution in [1.82, 2.24) is 15.8 Å². The summed E-state index contributed by atoms with van der Waals surface area (Å²) < 4.78 is 12.9. The molecule has 21 heavy (non-hydrogen) atoms. The number of pyridine rings is 1. The van der Waals surface area contributed by atoms with Gasteiger partial charge in [-0.2, -0.15) is 0 Å². The summed E-state index contributed by atoms with van der Waals surface area (Å²) in [6, 6.07) is 9.45. The van der Waals surface area contributed by atoms with Crippen LogP contribution in [-0.2, 0) is 4.79 Å². The number of hydrazine groups is 1. The van der Waals surface area contributed by atoms with Crippen molar-refractivity contribution in [3.8, 4) is 0 Å². The van der Waals surface area contributed by atoms with E-state index in [4.69, 9.17) is 0 Å². The molecule has 0 radical (unpaired) electrons. The fourth-order valence-corrected chi connectivity index (χ4v) is 2.31. The standard InChI is InChI=1S/C15H15FN4O/c16-11-5-3-10(4-6-11)13-8-14(20-19-13)15(21)18-12-2-1-7-17-9-12/h1-7,9,13-14,19-20H,8H2,(H,18,21). The van der Waals surface area contributed by atoms with Gasteiger partial charge in [0.25, 0.3) is 0 Å². The normalized spacial score (nSPS) is 21.2. The molecule has 5 nitrogen and oxygen atoms in total. The molecule has 3 N–H and O–H groups in total. The third kappa shape index (κ3) is 3.24. The number of carbonyl (C=O) groups is 1. The van der Waals surface area contributed by atoms with E-state index in [9.17, 15) is 9.18 Å². The lowest BCUT2D eigenvalue weighted by Gasteiger charge is -2.10. The maximum Gasteiger partial charge on any atom is 0.242 e. The summed E-state index contributed by atoms with van der Waals surface area (Å²) in [4.78, 5) is 16.1. The molecule has 0 saturated carbocycles. The average Bonchev–Trinajstić information content (AvgIpc) is 2.99. The topological polar surface area (TPSA) is 66.0 Å². The number of nitrogens with one attached hydrogen (secondary N) is 3. The van der Waals surface area contributed by atoms with E-state index in [1.165, 1.54) is 12.1 Å². The molecule has 1 saturated heterocycles. The Bertz CT molecular complexity index is 617. The second-order valence-corrected chi connectivity index (χ2v) is 4.91. The second kappa shape index (κ2) is 5.99. The quantitative estimate of drug-likeness (QED) is 0.804. The second-order valence-electron chi connectivity index (χ2n) is 4.91. The molecule has 0 spiro atoms. The van der Waals surface area contributed by atoms with Crippen molar-refractivity contribution in [3.05, 3.63) is 60.2 Å². The molecular weight excluding hydrogens is 271 g/mol. The fourth-order valence-electron chi connectivity index (χ4n) is 2.31. The highest BCUT2D eigenvalue weighted by molar-refractivity contribution is 5.94. The molecule has 2 heterocycles. The Morgan fingerprint density at radius 2 is 2.05 bits per heavy atom. The van der Waals surface area contributed by atoms with E-state index in [0.29, 0.717) is 12.1 Å². The Balaban J connectivity index is 1.61.